The normalized spacial score (nSPS) is 32.7. The topological polar surface area (TPSA) is 23.5 Å². The Morgan fingerprint density at radius 3 is 2.61 bits per heavy atom. The van der Waals surface area contributed by atoms with Crippen molar-refractivity contribution >= 4 is 0 Å². The van der Waals surface area contributed by atoms with Crippen molar-refractivity contribution in [3.63, 3.8) is 0 Å². The molecule has 2 fully saturated rings. The first-order chi connectivity index (χ1) is 8.83. The Hall–Kier alpha value is -0.0800. The summed E-state index contributed by atoms with van der Waals surface area (Å²) < 4.78 is 0. The maximum Gasteiger partial charge on any atom is 0.0431 e. The first kappa shape index (κ1) is 14.3. The number of fused-ring (bicyclic) bond motifs is 1. The van der Waals surface area contributed by atoms with Gasteiger partial charge in [0.25, 0.3) is 0 Å². The fourth-order valence-corrected chi connectivity index (χ4v) is 4.03. The third-order valence-electron chi connectivity index (χ3n) is 5.12. The van der Waals surface area contributed by atoms with Gasteiger partial charge in [-0.2, -0.15) is 0 Å². The zero-order chi connectivity index (χ0) is 12.8. The van der Waals surface area contributed by atoms with Crippen LogP contribution in [0.15, 0.2) is 0 Å². The molecule has 106 valence electrons. The van der Waals surface area contributed by atoms with Gasteiger partial charge in [-0.25, -0.2) is 0 Å². The first-order valence-electron chi connectivity index (χ1n) is 8.19. The van der Waals surface area contributed by atoms with Gasteiger partial charge < -0.3 is 5.11 Å². The zero-order valence-electron chi connectivity index (χ0n) is 12.1. The van der Waals surface area contributed by atoms with Crippen molar-refractivity contribution in [3.05, 3.63) is 0 Å². The summed E-state index contributed by atoms with van der Waals surface area (Å²) in [6, 6.07) is 1.81. The van der Waals surface area contributed by atoms with Gasteiger partial charge in [-0.1, -0.05) is 32.6 Å². The minimum atomic E-state index is 0.371. The lowest BCUT2D eigenvalue weighted by Gasteiger charge is -2.41. The van der Waals surface area contributed by atoms with Crippen molar-refractivity contribution < 1.29 is 5.11 Å². The zero-order valence-corrected chi connectivity index (χ0v) is 12.1. The van der Waals surface area contributed by atoms with E-state index in [0.717, 1.165) is 24.4 Å². The van der Waals surface area contributed by atoms with Gasteiger partial charge in [0.15, 0.2) is 0 Å². The standard InChI is InChI=1S/C16H31NO/c1-14-10-11-15(17-12-7-9-16(14)17)8-5-3-2-4-6-13-18/h14-16,18H,2-13H2,1H3/t14-,15-,16+/m1/s1. The van der Waals surface area contributed by atoms with E-state index in [4.69, 9.17) is 5.11 Å². The van der Waals surface area contributed by atoms with Crippen LogP contribution in [0.4, 0.5) is 0 Å². The predicted molar refractivity (Wildman–Crippen MR) is 76.7 cm³/mol. The fourth-order valence-electron chi connectivity index (χ4n) is 4.03. The van der Waals surface area contributed by atoms with Crippen LogP contribution in [0.1, 0.15) is 71.1 Å². The number of unbranched alkanes of at least 4 members (excludes halogenated alkanes) is 4. The molecule has 3 atom stereocenters. The number of aliphatic hydroxyl groups is 1. The second-order valence-electron chi connectivity index (χ2n) is 6.44. The molecule has 2 saturated heterocycles. The van der Waals surface area contributed by atoms with Crippen LogP contribution in [0.5, 0.6) is 0 Å². The van der Waals surface area contributed by atoms with E-state index >= 15 is 0 Å². The van der Waals surface area contributed by atoms with Gasteiger partial charge >= 0.3 is 0 Å². The average Bonchev–Trinajstić information content (AvgIpc) is 2.86. The lowest BCUT2D eigenvalue weighted by Crippen LogP contribution is -2.46. The highest BCUT2D eigenvalue weighted by Crippen LogP contribution is 2.36. The average molecular weight is 253 g/mol. The summed E-state index contributed by atoms with van der Waals surface area (Å²) in [5.41, 5.74) is 0. The largest absolute Gasteiger partial charge is 0.396 e. The number of aliphatic hydroxyl groups excluding tert-OH is 1. The van der Waals surface area contributed by atoms with Gasteiger partial charge in [0.2, 0.25) is 0 Å². The highest BCUT2D eigenvalue weighted by Gasteiger charge is 2.37. The summed E-state index contributed by atoms with van der Waals surface area (Å²) in [6.45, 7) is 4.19. The molecule has 0 bridgehead atoms. The fraction of sp³-hybridized carbons (Fsp3) is 1.00. The number of piperidine rings is 1. The molecule has 1 N–H and O–H groups in total. The number of hydrogen-bond acceptors (Lipinski definition) is 2. The van der Waals surface area contributed by atoms with Crippen LogP contribution in [0.25, 0.3) is 0 Å². The number of hydrogen-bond donors (Lipinski definition) is 1. The summed E-state index contributed by atoms with van der Waals surface area (Å²) in [6.07, 6.45) is 13.5. The molecule has 2 nitrogen and oxygen atoms in total. The molecule has 0 amide bonds. The van der Waals surface area contributed by atoms with Crippen molar-refractivity contribution in [1.82, 2.24) is 4.90 Å². The van der Waals surface area contributed by atoms with Gasteiger partial charge in [-0.15, -0.1) is 0 Å². The number of nitrogens with zero attached hydrogens (tertiary/aromatic N) is 1. The Balaban J connectivity index is 1.63. The first-order valence-corrected chi connectivity index (χ1v) is 8.19. The highest BCUT2D eigenvalue weighted by atomic mass is 16.2. The van der Waals surface area contributed by atoms with Gasteiger partial charge in [0.05, 0.1) is 0 Å². The van der Waals surface area contributed by atoms with Gasteiger partial charge in [0.1, 0.15) is 0 Å². The third kappa shape index (κ3) is 3.71. The van der Waals surface area contributed by atoms with Crippen LogP contribution < -0.4 is 0 Å². The molecule has 2 heterocycles. The molecule has 0 unspecified atom stereocenters. The van der Waals surface area contributed by atoms with E-state index in [2.05, 4.69) is 11.8 Å². The molecule has 0 aromatic rings. The molecule has 2 rings (SSSR count). The lowest BCUT2D eigenvalue weighted by molar-refractivity contribution is 0.0750. The van der Waals surface area contributed by atoms with E-state index in [9.17, 15) is 0 Å². The minimum absolute atomic E-state index is 0.371. The quantitative estimate of drug-likeness (QED) is 0.701. The maximum atomic E-state index is 8.75. The SMILES string of the molecule is C[C@@H]1CC[C@@H](CCCCCCCO)N2CCC[C@@H]12. The van der Waals surface area contributed by atoms with Crippen molar-refractivity contribution in [1.29, 1.82) is 0 Å². The van der Waals surface area contributed by atoms with E-state index in [1.165, 1.54) is 64.3 Å². The monoisotopic (exact) mass is 253 g/mol. The molecular formula is C16H31NO. The van der Waals surface area contributed by atoms with E-state index in [0.29, 0.717) is 6.61 Å². The molecule has 0 saturated carbocycles. The Morgan fingerprint density at radius 1 is 1.00 bits per heavy atom. The van der Waals surface area contributed by atoms with E-state index in [1.807, 2.05) is 0 Å². The van der Waals surface area contributed by atoms with Crippen molar-refractivity contribution in [2.75, 3.05) is 13.2 Å². The Labute approximate surface area is 113 Å². The van der Waals surface area contributed by atoms with E-state index in [-0.39, 0.29) is 0 Å². The minimum Gasteiger partial charge on any atom is -0.396 e. The van der Waals surface area contributed by atoms with Crippen LogP contribution in [0.2, 0.25) is 0 Å². The summed E-state index contributed by atoms with van der Waals surface area (Å²) in [4.78, 5) is 2.84. The number of rotatable bonds is 7. The van der Waals surface area contributed by atoms with Crippen molar-refractivity contribution in [2.45, 2.75) is 83.2 Å². The molecule has 0 aromatic carbocycles. The highest BCUT2D eigenvalue weighted by molar-refractivity contribution is 4.92. The molecule has 18 heavy (non-hydrogen) atoms. The summed E-state index contributed by atoms with van der Waals surface area (Å²) in [5.74, 6) is 0.938. The smallest absolute Gasteiger partial charge is 0.0431 e. The molecule has 2 aliphatic rings. The van der Waals surface area contributed by atoms with Gasteiger partial charge in [-0.05, 0) is 51.0 Å². The van der Waals surface area contributed by atoms with E-state index in [1.54, 1.807) is 0 Å². The Bertz CT molecular complexity index is 231. The van der Waals surface area contributed by atoms with Crippen LogP contribution in [0, 0.1) is 5.92 Å². The summed E-state index contributed by atoms with van der Waals surface area (Å²) >= 11 is 0. The predicted octanol–water partition coefficient (Wildman–Crippen LogP) is 3.58. The van der Waals surface area contributed by atoms with Gasteiger partial charge in [-0.3, -0.25) is 4.90 Å². The summed E-state index contributed by atoms with van der Waals surface area (Å²) in [7, 11) is 0. The molecule has 0 spiro atoms. The second-order valence-corrected chi connectivity index (χ2v) is 6.44. The molecular weight excluding hydrogens is 222 g/mol. The van der Waals surface area contributed by atoms with Crippen LogP contribution in [-0.4, -0.2) is 35.2 Å². The third-order valence-corrected chi connectivity index (χ3v) is 5.12. The maximum absolute atomic E-state index is 8.75. The van der Waals surface area contributed by atoms with Crippen LogP contribution in [0.3, 0.4) is 0 Å². The van der Waals surface area contributed by atoms with Gasteiger partial charge in [0, 0.05) is 18.7 Å². The van der Waals surface area contributed by atoms with Crippen molar-refractivity contribution in [2.24, 2.45) is 5.92 Å². The van der Waals surface area contributed by atoms with Crippen LogP contribution >= 0.6 is 0 Å². The second kappa shape index (κ2) is 7.49. The molecule has 2 heteroatoms. The van der Waals surface area contributed by atoms with Crippen LogP contribution in [-0.2, 0) is 0 Å². The Morgan fingerprint density at radius 2 is 1.78 bits per heavy atom. The molecule has 0 aliphatic carbocycles. The molecule has 0 radical (unpaired) electrons. The molecule has 2 aliphatic heterocycles. The molecule has 0 aromatic heterocycles. The lowest BCUT2D eigenvalue weighted by atomic mass is 9.85. The Kier molecular flexibility index (Phi) is 5.97. The van der Waals surface area contributed by atoms with Crippen molar-refractivity contribution in [3.8, 4) is 0 Å². The summed E-state index contributed by atoms with van der Waals surface area (Å²) in [5, 5.41) is 8.75. The van der Waals surface area contributed by atoms with E-state index < -0.39 is 0 Å².